The first-order valence-electron chi connectivity index (χ1n) is 6.14. The van der Waals surface area contributed by atoms with Crippen molar-refractivity contribution in [3.05, 3.63) is 16.3 Å². The van der Waals surface area contributed by atoms with Crippen molar-refractivity contribution in [2.24, 2.45) is 5.41 Å². The molecule has 0 bridgehead atoms. The number of hydrogen-bond donors (Lipinski definition) is 3. The second-order valence-electron chi connectivity index (χ2n) is 4.91. The molecule has 17 heavy (non-hydrogen) atoms. The quantitative estimate of drug-likeness (QED) is 0.696. The van der Waals surface area contributed by atoms with Crippen molar-refractivity contribution in [2.75, 3.05) is 19.7 Å². The number of aliphatic hydroxyl groups is 1. The van der Waals surface area contributed by atoms with E-state index in [0.717, 1.165) is 32.4 Å². The molecule has 0 spiro atoms. The molecule has 3 N–H and O–H groups in total. The maximum Gasteiger partial charge on any atom is 0.340 e. The van der Waals surface area contributed by atoms with Crippen molar-refractivity contribution in [1.29, 1.82) is 0 Å². The van der Waals surface area contributed by atoms with Crippen LogP contribution in [0.4, 0.5) is 0 Å². The largest absolute Gasteiger partial charge is 0.396 e. The lowest BCUT2D eigenvalue weighted by Gasteiger charge is -2.39. The van der Waals surface area contributed by atoms with Gasteiger partial charge in [0, 0.05) is 6.61 Å². The monoisotopic (exact) mass is 240 g/mol. The van der Waals surface area contributed by atoms with Crippen LogP contribution in [-0.4, -0.2) is 44.9 Å². The first kappa shape index (κ1) is 12.3. The first-order chi connectivity index (χ1) is 8.17. The van der Waals surface area contributed by atoms with Gasteiger partial charge in [-0.05, 0) is 37.8 Å². The summed E-state index contributed by atoms with van der Waals surface area (Å²) in [5, 5.41) is 15.7. The summed E-state index contributed by atoms with van der Waals surface area (Å²) in [4.78, 5) is 15.8. The van der Waals surface area contributed by atoms with E-state index in [1.165, 1.54) is 0 Å². The fourth-order valence-corrected chi connectivity index (χ4v) is 2.40. The van der Waals surface area contributed by atoms with E-state index in [-0.39, 0.29) is 17.7 Å². The fraction of sp³-hybridized carbons (Fsp3) is 0.818. The van der Waals surface area contributed by atoms with E-state index in [0.29, 0.717) is 12.4 Å². The first-order valence-corrected chi connectivity index (χ1v) is 6.14. The van der Waals surface area contributed by atoms with Gasteiger partial charge in [0.2, 0.25) is 0 Å². The average Bonchev–Trinajstić information content (AvgIpc) is 2.76. The zero-order valence-electron chi connectivity index (χ0n) is 10.2. The SMILES string of the molecule is CCC1(CO)CCN(Cc2n[nH]c(=O)[nH]2)CC1. The Hall–Kier alpha value is -1.14. The molecule has 6 nitrogen and oxygen atoms in total. The third kappa shape index (κ3) is 2.76. The van der Waals surface area contributed by atoms with Crippen LogP contribution >= 0.6 is 0 Å². The van der Waals surface area contributed by atoms with E-state index in [2.05, 4.69) is 27.0 Å². The van der Waals surface area contributed by atoms with Gasteiger partial charge in [0.05, 0.1) is 6.54 Å². The molecule has 1 aliphatic heterocycles. The summed E-state index contributed by atoms with van der Waals surface area (Å²) < 4.78 is 0. The average molecular weight is 240 g/mol. The molecule has 1 fully saturated rings. The normalized spacial score (nSPS) is 20.6. The lowest BCUT2D eigenvalue weighted by molar-refractivity contribution is 0.0374. The van der Waals surface area contributed by atoms with Gasteiger partial charge in [-0.15, -0.1) is 0 Å². The zero-order chi connectivity index (χ0) is 12.3. The lowest BCUT2D eigenvalue weighted by atomic mass is 9.77. The second kappa shape index (κ2) is 5.01. The van der Waals surface area contributed by atoms with Crippen LogP contribution in [0.2, 0.25) is 0 Å². The van der Waals surface area contributed by atoms with E-state index < -0.39 is 0 Å². The number of H-pyrrole nitrogens is 2. The summed E-state index contributed by atoms with van der Waals surface area (Å²) in [5.41, 5.74) is -0.148. The number of hydrogen-bond acceptors (Lipinski definition) is 4. The Morgan fingerprint density at radius 1 is 1.47 bits per heavy atom. The maximum absolute atomic E-state index is 10.9. The molecular formula is C11H20N4O2. The van der Waals surface area contributed by atoms with Gasteiger partial charge in [-0.2, -0.15) is 5.10 Å². The molecule has 2 rings (SSSR count). The minimum atomic E-state index is -0.254. The van der Waals surface area contributed by atoms with E-state index in [1.54, 1.807) is 0 Å². The van der Waals surface area contributed by atoms with E-state index in [4.69, 9.17) is 0 Å². The van der Waals surface area contributed by atoms with Gasteiger partial charge in [-0.25, -0.2) is 9.89 Å². The van der Waals surface area contributed by atoms with Crippen LogP contribution in [0.1, 0.15) is 32.0 Å². The molecule has 2 heterocycles. The molecule has 0 atom stereocenters. The molecule has 6 heteroatoms. The topological polar surface area (TPSA) is 85.0 Å². The number of aromatic amines is 2. The highest BCUT2D eigenvalue weighted by Crippen LogP contribution is 2.34. The van der Waals surface area contributed by atoms with Crippen LogP contribution in [0.15, 0.2) is 4.79 Å². The van der Waals surface area contributed by atoms with Crippen molar-refractivity contribution < 1.29 is 5.11 Å². The van der Waals surface area contributed by atoms with Crippen LogP contribution in [-0.2, 0) is 6.54 Å². The molecule has 1 saturated heterocycles. The van der Waals surface area contributed by atoms with Crippen molar-refractivity contribution in [3.63, 3.8) is 0 Å². The van der Waals surface area contributed by atoms with Gasteiger partial charge in [-0.3, -0.25) is 9.88 Å². The van der Waals surface area contributed by atoms with Gasteiger partial charge >= 0.3 is 5.69 Å². The molecule has 0 saturated carbocycles. The Kier molecular flexibility index (Phi) is 3.63. The summed E-state index contributed by atoms with van der Waals surface area (Å²) in [6, 6.07) is 0. The maximum atomic E-state index is 10.9. The summed E-state index contributed by atoms with van der Waals surface area (Å²) >= 11 is 0. The number of nitrogens with zero attached hydrogens (tertiary/aromatic N) is 2. The van der Waals surface area contributed by atoms with Crippen LogP contribution in [0.3, 0.4) is 0 Å². The Labute approximate surface area is 100 Å². The Bertz CT molecular complexity index is 398. The Balaban J connectivity index is 1.89. The minimum absolute atomic E-state index is 0.107. The predicted molar refractivity (Wildman–Crippen MR) is 63.5 cm³/mol. The van der Waals surface area contributed by atoms with E-state index in [1.807, 2.05) is 0 Å². The van der Waals surface area contributed by atoms with Crippen molar-refractivity contribution in [2.45, 2.75) is 32.7 Å². The molecule has 0 amide bonds. The molecule has 1 aliphatic rings. The van der Waals surface area contributed by atoms with Crippen LogP contribution < -0.4 is 5.69 Å². The van der Waals surface area contributed by atoms with Crippen LogP contribution in [0.5, 0.6) is 0 Å². The molecular weight excluding hydrogens is 220 g/mol. The molecule has 0 aliphatic carbocycles. The Morgan fingerprint density at radius 2 is 2.18 bits per heavy atom. The van der Waals surface area contributed by atoms with Gasteiger partial charge in [0.25, 0.3) is 0 Å². The molecule has 0 unspecified atom stereocenters. The Morgan fingerprint density at radius 3 is 2.65 bits per heavy atom. The summed E-state index contributed by atoms with van der Waals surface area (Å²) in [6.07, 6.45) is 3.04. The van der Waals surface area contributed by atoms with Gasteiger partial charge in [-0.1, -0.05) is 6.92 Å². The second-order valence-corrected chi connectivity index (χ2v) is 4.91. The minimum Gasteiger partial charge on any atom is -0.396 e. The highest BCUT2D eigenvalue weighted by Gasteiger charge is 2.32. The van der Waals surface area contributed by atoms with Gasteiger partial charge < -0.3 is 5.11 Å². The number of likely N-dealkylation sites (tertiary alicyclic amines) is 1. The number of piperidine rings is 1. The summed E-state index contributed by atoms with van der Waals surface area (Å²) in [6.45, 7) is 4.98. The molecule has 0 aromatic carbocycles. The molecule has 1 aromatic rings. The summed E-state index contributed by atoms with van der Waals surface area (Å²) in [5.74, 6) is 0.683. The van der Waals surface area contributed by atoms with Crippen molar-refractivity contribution in [1.82, 2.24) is 20.1 Å². The molecule has 1 aromatic heterocycles. The highest BCUT2D eigenvalue weighted by molar-refractivity contribution is 4.87. The number of aromatic nitrogens is 3. The van der Waals surface area contributed by atoms with Gasteiger partial charge in [0.1, 0.15) is 5.82 Å². The fourth-order valence-electron chi connectivity index (χ4n) is 2.40. The smallest absolute Gasteiger partial charge is 0.340 e. The molecule has 0 radical (unpaired) electrons. The highest BCUT2D eigenvalue weighted by atomic mass is 16.3. The van der Waals surface area contributed by atoms with Crippen molar-refractivity contribution >= 4 is 0 Å². The van der Waals surface area contributed by atoms with E-state index in [9.17, 15) is 9.90 Å². The summed E-state index contributed by atoms with van der Waals surface area (Å²) in [7, 11) is 0. The lowest BCUT2D eigenvalue weighted by Crippen LogP contribution is -2.41. The number of rotatable bonds is 4. The number of nitrogens with one attached hydrogen (secondary N) is 2. The standard InChI is InChI=1S/C11H20N4O2/c1-2-11(8-16)3-5-15(6-4-11)7-9-12-10(17)14-13-9/h16H,2-8H2,1H3,(H2,12,13,14,17). The van der Waals surface area contributed by atoms with E-state index >= 15 is 0 Å². The zero-order valence-corrected chi connectivity index (χ0v) is 10.2. The van der Waals surface area contributed by atoms with Gasteiger partial charge in [0.15, 0.2) is 0 Å². The molecule has 96 valence electrons. The van der Waals surface area contributed by atoms with Crippen LogP contribution in [0, 0.1) is 5.41 Å². The predicted octanol–water partition coefficient (Wildman–Crippen LogP) is 0.0825. The third-order valence-corrected chi connectivity index (χ3v) is 3.93. The number of aliphatic hydroxyl groups excluding tert-OH is 1. The van der Waals surface area contributed by atoms with Crippen LogP contribution in [0.25, 0.3) is 0 Å². The third-order valence-electron chi connectivity index (χ3n) is 3.93. The van der Waals surface area contributed by atoms with Crippen molar-refractivity contribution in [3.8, 4) is 0 Å².